The lowest BCUT2D eigenvalue weighted by atomic mass is 10.1. The molecule has 2 aromatic carbocycles. The van der Waals surface area contributed by atoms with Gasteiger partial charge in [-0.25, -0.2) is 4.98 Å². The first-order valence-electron chi connectivity index (χ1n) is 10.9. The number of aromatic nitrogens is 3. The maximum atomic E-state index is 12.5. The monoisotopic (exact) mass is 495 g/mol. The predicted molar refractivity (Wildman–Crippen MR) is 136 cm³/mol. The molecule has 1 atom stereocenters. The van der Waals surface area contributed by atoms with Crippen LogP contribution in [0, 0.1) is 6.92 Å². The largest absolute Gasteiger partial charge is 0.616 e. The van der Waals surface area contributed by atoms with Crippen molar-refractivity contribution in [2.24, 2.45) is 7.05 Å². The van der Waals surface area contributed by atoms with Crippen LogP contribution in [0.15, 0.2) is 65.4 Å². The highest BCUT2D eigenvalue weighted by Crippen LogP contribution is 2.21. The van der Waals surface area contributed by atoms with Gasteiger partial charge in [-0.05, 0) is 65.6 Å². The number of ether oxygens (including phenoxy) is 1. The highest BCUT2D eigenvalue weighted by Gasteiger charge is 2.12. The topological polar surface area (TPSA) is 76.1 Å². The van der Waals surface area contributed by atoms with Crippen LogP contribution in [0.4, 0.5) is 0 Å². The lowest BCUT2D eigenvalue weighted by molar-refractivity contribution is 0.300. The van der Waals surface area contributed by atoms with Crippen LogP contribution in [-0.2, 0) is 37.0 Å². The lowest BCUT2D eigenvalue weighted by Gasteiger charge is -2.14. The molecule has 0 aliphatic heterocycles. The molecule has 0 spiro atoms. The van der Waals surface area contributed by atoms with Crippen molar-refractivity contribution in [3.05, 3.63) is 100.0 Å². The smallest absolute Gasteiger partial charge is 0.218 e. The van der Waals surface area contributed by atoms with E-state index in [0.717, 1.165) is 34.6 Å². The summed E-state index contributed by atoms with van der Waals surface area (Å²) in [6.45, 7) is 2.31. The summed E-state index contributed by atoms with van der Waals surface area (Å²) >= 11 is 4.96. The van der Waals surface area contributed by atoms with Crippen molar-refractivity contribution in [1.82, 2.24) is 14.8 Å². The summed E-state index contributed by atoms with van der Waals surface area (Å²) in [5.74, 6) is 2.38. The Morgan fingerprint density at radius 3 is 2.71 bits per heavy atom. The summed E-state index contributed by atoms with van der Waals surface area (Å²) in [7, 11) is 1.90. The number of aryl methyl sites for hydroxylation is 3. The molecule has 0 saturated heterocycles. The highest BCUT2D eigenvalue weighted by molar-refractivity contribution is 7.90. The van der Waals surface area contributed by atoms with E-state index < -0.39 is 11.2 Å². The van der Waals surface area contributed by atoms with E-state index in [0.29, 0.717) is 34.7 Å². The van der Waals surface area contributed by atoms with Crippen molar-refractivity contribution >= 4 is 34.9 Å². The molecule has 2 aromatic heterocycles. The first kappa shape index (κ1) is 24.1. The predicted octanol–water partition coefficient (Wildman–Crippen LogP) is 5.61. The summed E-state index contributed by atoms with van der Waals surface area (Å²) < 4.78 is 25.8. The van der Waals surface area contributed by atoms with E-state index in [1.54, 1.807) is 18.5 Å². The number of oxazole rings is 1. The summed E-state index contributed by atoms with van der Waals surface area (Å²) in [6, 6.07) is 15.3. The molecule has 176 valence electrons. The molecular weight excluding hydrogens is 470 g/mol. The zero-order valence-corrected chi connectivity index (χ0v) is 20.7. The van der Waals surface area contributed by atoms with Crippen LogP contribution in [0.2, 0.25) is 5.02 Å². The third kappa shape index (κ3) is 6.76. The van der Waals surface area contributed by atoms with Crippen LogP contribution >= 0.6 is 11.6 Å². The van der Waals surface area contributed by atoms with Gasteiger partial charge in [0.05, 0.1) is 0 Å². The molecule has 0 bridgehead atoms. The molecule has 0 saturated carbocycles. The number of hydrogen-bond acceptors (Lipinski definition) is 5. The normalized spacial score (nSPS) is 12.4. The fourth-order valence-corrected chi connectivity index (χ4v) is 4.77. The fourth-order valence-electron chi connectivity index (χ4n) is 3.39. The molecule has 1 unspecified atom stereocenters. The van der Waals surface area contributed by atoms with Crippen molar-refractivity contribution in [3.8, 4) is 5.75 Å². The number of hydrogen-bond donors (Lipinski definition) is 0. The van der Waals surface area contributed by atoms with Gasteiger partial charge in [0.25, 0.3) is 0 Å². The average Bonchev–Trinajstić information content (AvgIpc) is 3.46. The summed E-state index contributed by atoms with van der Waals surface area (Å²) in [5.41, 5.74) is 4.91. The van der Waals surface area contributed by atoms with E-state index >= 15 is 0 Å². The molecule has 0 amide bonds. The Balaban J connectivity index is 1.27. The first-order chi connectivity index (χ1) is 16.5. The molecule has 0 aliphatic carbocycles. The van der Waals surface area contributed by atoms with E-state index in [2.05, 4.69) is 10.1 Å². The molecule has 0 N–H and O–H groups in total. The molecule has 4 aromatic rings. The second kappa shape index (κ2) is 11.4. The zero-order valence-electron chi connectivity index (χ0n) is 19.1. The molecule has 8 heteroatoms. The number of rotatable bonds is 10. The molecule has 0 aliphatic rings. The van der Waals surface area contributed by atoms with Crippen molar-refractivity contribution in [3.63, 3.8) is 0 Å². The summed E-state index contributed by atoms with van der Waals surface area (Å²) in [6.07, 6.45) is 7.82. The van der Waals surface area contributed by atoms with E-state index in [4.69, 9.17) is 20.8 Å². The zero-order chi connectivity index (χ0) is 23.9. The summed E-state index contributed by atoms with van der Waals surface area (Å²) in [4.78, 5) is 4.43. The third-order valence-corrected chi connectivity index (χ3v) is 6.93. The van der Waals surface area contributed by atoms with Crippen LogP contribution in [0.5, 0.6) is 5.75 Å². The van der Waals surface area contributed by atoms with Gasteiger partial charge in [0.1, 0.15) is 35.8 Å². The van der Waals surface area contributed by atoms with Crippen LogP contribution in [0.3, 0.4) is 0 Å². The molecule has 6 nitrogen and oxygen atoms in total. The SMILES string of the molecule is Cc1cc(OCc2coc(/C=C/c3ccc(Cl)cc3)n2)ccc1C[S+]([O-])CCc1ccnn1C. The highest BCUT2D eigenvalue weighted by atomic mass is 35.5. The van der Waals surface area contributed by atoms with Gasteiger partial charge in [-0.1, -0.05) is 29.8 Å². The molecule has 0 radical (unpaired) electrons. The Hall–Kier alpha value is -3.00. The number of benzene rings is 2. The third-order valence-electron chi connectivity index (χ3n) is 5.38. The van der Waals surface area contributed by atoms with Crippen molar-refractivity contribution in [2.45, 2.75) is 25.7 Å². The van der Waals surface area contributed by atoms with Gasteiger partial charge in [-0.15, -0.1) is 0 Å². The van der Waals surface area contributed by atoms with Gasteiger partial charge in [-0.2, -0.15) is 5.10 Å². The minimum atomic E-state index is -0.946. The maximum absolute atomic E-state index is 12.5. The van der Waals surface area contributed by atoms with Crippen molar-refractivity contribution in [2.75, 3.05) is 5.75 Å². The van der Waals surface area contributed by atoms with Crippen LogP contribution in [0.25, 0.3) is 12.2 Å². The standard InChI is InChI=1S/C26H26ClN3O3S/c1-19-15-25(9-6-21(19)18-34(31)14-12-24-11-13-28-30(24)2)32-16-23-17-33-26(29-23)10-5-20-3-7-22(27)8-4-20/h3-11,13,15,17H,12,14,16,18H2,1-2H3/b10-5+. The Kier molecular flexibility index (Phi) is 8.11. The molecule has 34 heavy (non-hydrogen) atoms. The van der Waals surface area contributed by atoms with Gasteiger partial charge < -0.3 is 13.7 Å². The summed E-state index contributed by atoms with van der Waals surface area (Å²) in [5, 5.41) is 4.85. The van der Waals surface area contributed by atoms with Crippen LogP contribution in [-0.4, -0.2) is 25.1 Å². The van der Waals surface area contributed by atoms with Crippen LogP contribution in [0.1, 0.15) is 34.0 Å². The average molecular weight is 496 g/mol. The van der Waals surface area contributed by atoms with Gasteiger partial charge >= 0.3 is 0 Å². The van der Waals surface area contributed by atoms with E-state index in [9.17, 15) is 4.55 Å². The lowest BCUT2D eigenvalue weighted by Crippen LogP contribution is -2.14. The first-order valence-corrected chi connectivity index (χ1v) is 12.7. The van der Waals surface area contributed by atoms with Gasteiger partial charge in [-0.3, -0.25) is 4.68 Å². The van der Waals surface area contributed by atoms with Crippen LogP contribution < -0.4 is 4.74 Å². The molecular formula is C26H26ClN3O3S. The van der Waals surface area contributed by atoms with Crippen molar-refractivity contribution < 1.29 is 13.7 Å². The second-order valence-electron chi connectivity index (χ2n) is 7.92. The molecule has 0 fully saturated rings. The minimum Gasteiger partial charge on any atom is -0.616 e. The quantitative estimate of drug-likeness (QED) is 0.267. The fraction of sp³-hybridized carbons (Fsp3) is 0.231. The molecule has 4 rings (SSSR count). The van der Waals surface area contributed by atoms with E-state index in [1.165, 1.54) is 0 Å². The van der Waals surface area contributed by atoms with E-state index in [-0.39, 0.29) is 0 Å². The Morgan fingerprint density at radius 2 is 1.97 bits per heavy atom. The van der Waals surface area contributed by atoms with E-state index in [1.807, 2.05) is 73.3 Å². The Labute approximate surface area is 207 Å². The van der Waals surface area contributed by atoms with Gasteiger partial charge in [0.15, 0.2) is 0 Å². The Bertz CT molecular complexity index is 1250. The number of nitrogens with zero attached hydrogens (tertiary/aromatic N) is 3. The van der Waals surface area contributed by atoms with Gasteiger partial charge in [0.2, 0.25) is 5.89 Å². The Morgan fingerprint density at radius 1 is 1.15 bits per heavy atom. The number of halogens is 1. The molecule has 2 heterocycles. The van der Waals surface area contributed by atoms with Gasteiger partial charge in [0, 0.05) is 42.0 Å². The second-order valence-corrected chi connectivity index (χ2v) is 9.94. The minimum absolute atomic E-state index is 0.299. The maximum Gasteiger partial charge on any atom is 0.218 e. The van der Waals surface area contributed by atoms with Crippen molar-refractivity contribution in [1.29, 1.82) is 0 Å².